The molecule has 0 fully saturated rings. The highest BCUT2D eigenvalue weighted by molar-refractivity contribution is 5.93. The number of carbonyl (C=O) groups is 1. The Labute approximate surface area is 127 Å². The second-order valence-corrected chi connectivity index (χ2v) is 5.07. The zero-order valence-electron chi connectivity index (χ0n) is 12.1. The number of rotatable bonds is 5. The summed E-state index contributed by atoms with van der Waals surface area (Å²) in [7, 11) is 0. The maximum Gasteiger partial charge on any atom is 0.248 e. The molecule has 0 unspecified atom stereocenters. The summed E-state index contributed by atoms with van der Waals surface area (Å²) in [6.45, 7) is 1.53. The first kappa shape index (κ1) is 14.2. The van der Waals surface area contributed by atoms with Crippen molar-refractivity contribution in [3.05, 3.63) is 48.4 Å². The molecule has 0 radical (unpaired) electrons. The van der Waals surface area contributed by atoms with Crippen LogP contribution in [0.2, 0.25) is 0 Å². The molecular weight excluding hydrogens is 278 g/mol. The summed E-state index contributed by atoms with van der Waals surface area (Å²) < 4.78 is 2.13. The van der Waals surface area contributed by atoms with E-state index in [1.54, 1.807) is 18.3 Å². The van der Waals surface area contributed by atoms with Gasteiger partial charge in [0.25, 0.3) is 0 Å². The largest absolute Gasteiger partial charge is 0.366 e. The van der Waals surface area contributed by atoms with Crippen LogP contribution in [0.3, 0.4) is 0 Å². The van der Waals surface area contributed by atoms with Crippen LogP contribution in [0.4, 0.5) is 0 Å². The Morgan fingerprint density at radius 3 is 2.77 bits per heavy atom. The predicted octanol–water partition coefficient (Wildman–Crippen LogP) is 1.55. The first-order valence-corrected chi connectivity index (χ1v) is 7.10. The Morgan fingerprint density at radius 1 is 1.18 bits per heavy atom. The number of hydrogen-bond donors (Lipinski definition) is 2. The van der Waals surface area contributed by atoms with E-state index in [-0.39, 0.29) is 0 Å². The average molecular weight is 295 g/mol. The van der Waals surface area contributed by atoms with Gasteiger partial charge < -0.3 is 16.0 Å². The van der Waals surface area contributed by atoms with E-state index >= 15 is 0 Å². The summed E-state index contributed by atoms with van der Waals surface area (Å²) in [6, 6.07) is 7.24. The highest BCUT2D eigenvalue weighted by atomic mass is 16.1. The molecule has 1 amide bonds. The van der Waals surface area contributed by atoms with Crippen LogP contribution in [0.5, 0.6) is 0 Å². The third-order valence-corrected chi connectivity index (χ3v) is 3.57. The normalized spacial score (nSPS) is 11.0. The molecule has 112 valence electrons. The van der Waals surface area contributed by atoms with E-state index in [0.29, 0.717) is 23.5 Å². The van der Waals surface area contributed by atoms with Crippen molar-refractivity contribution in [3.63, 3.8) is 0 Å². The minimum atomic E-state index is -0.474. The summed E-state index contributed by atoms with van der Waals surface area (Å²) in [4.78, 5) is 20.0. The van der Waals surface area contributed by atoms with E-state index in [0.717, 1.165) is 23.9 Å². The van der Waals surface area contributed by atoms with E-state index in [1.807, 2.05) is 24.5 Å². The smallest absolute Gasteiger partial charge is 0.248 e. The monoisotopic (exact) mass is 295 g/mol. The van der Waals surface area contributed by atoms with Gasteiger partial charge in [0.2, 0.25) is 5.91 Å². The quantitative estimate of drug-likeness (QED) is 0.745. The molecule has 3 rings (SSSR count). The number of hydrogen-bond acceptors (Lipinski definition) is 4. The molecule has 0 saturated heterocycles. The van der Waals surface area contributed by atoms with E-state index < -0.39 is 5.91 Å². The molecule has 4 N–H and O–H groups in total. The van der Waals surface area contributed by atoms with E-state index in [1.165, 1.54) is 0 Å². The van der Waals surface area contributed by atoms with Crippen molar-refractivity contribution in [2.75, 3.05) is 6.54 Å². The predicted molar refractivity (Wildman–Crippen MR) is 85.2 cm³/mol. The molecule has 0 aliphatic rings. The Balaban J connectivity index is 1.99. The molecule has 0 atom stereocenters. The molecule has 3 aromatic heterocycles. The van der Waals surface area contributed by atoms with E-state index in [4.69, 9.17) is 11.5 Å². The molecule has 6 heteroatoms. The summed E-state index contributed by atoms with van der Waals surface area (Å²) in [5.41, 5.74) is 13.7. The molecule has 0 aliphatic heterocycles. The van der Waals surface area contributed by atoms with Crippen molar-refractivity contribution < 1.29 is 4.79 Å². The lowest BCUT2D eigenvalue weighted by atomic mass is 10.1. The van der Waals surface area contributed by atoms with Crippen LogP contribution < -0.4 is 11.5 Å². The topological polar surface area (TPSA) is 99.8 Å². The first-order valence-electron chi connectivity index (χ1n) is 7.10. The molecule has 22 heavy (non-hydrogen) atoms. The van der Waals surface area contributed by atoms with Crippen LogP contribution in [0, 0.1) is 0 Å². The zero-order valence-corrected chi connectivity index (χ0v) is 12.1. The highest BCUT2D eigenvalue weighted by Gasteiger charge is 2.08. The second kappa shape index (κ2) is 5.95. The minimum absolute atomic E-state index is 0.424. The maximum atomic E-state index is 11.3. The van der Waals surface area contributed by atoms with Gasteiger partial charge >= 0.3 is 0 Å². The van der Waals surface area contributed by atoms with Gasteiger partial charge in [-0.1, -0.05) is 0 Å². The molecule has 0 saturated carbocycles. The SMILES string of the molecule is NCCCn1ccc2cc(-c3cc(C(N)=O)ccn3)ncc21. The van der Waals surface area contributed by atoms with Gasteiger partial charge in [0.1, 0.15) is 0 Å². The molecule has 3 aromatic rings. The third-order valence-electron chi connectivity index (χ3n) is 3.57. The van der Waals surface area contributed by atoms with Gasteiger partial charge in [0, 0.05) is 29.9 Å². The standard InChI is InChI=1S/C16H17N5O/c17-4-1-6-21-7-3-11-8-14(20-10-15(11)21)13-9-12(16(18)22)2-5-19-13/h2-3,5,7-10H,1,4,6,17H2,(H2,18,22). The van der Waals surface area contributed by atoms with Crippen LogP contribution in [0.15, 0.2) is 42.9 Å². The zero-order chi connectivity index (χ0) is 15.5. The Hall–Kier alpha value is -2.73. The minimum Gasteiger partial charge on any atom is -0.366 e. The highest BCUT2D eigenvalue weighted by Crippen LogP contribution is 2.22. The van der Waals surface area contributed by atoms with Crippen LogP contribution in [-0.2, 0) is 6.54 Å². The van der Waals surface area contributed by atoms with Crippen molar-refractivity contribution in [2.24, 2.45) is 11.5 Å². The first-order chi connectivity index (χ1) is 10.7. The van der Waals surface area contributed by atoms with Gasteiger partial charge in [-0.25, -0.2) is 0 Å². The van der Waals surface area contributed by atoms with E-state index in [9.17, 15) is 4.79 Å². The fourth-order valence-corrected chi connectivity index (χ4v) is 2.41. The molecular formula is C16H17N5O. The van der Waals surface area contributed by atoms with Crippen LogP contribution in [0.25, 0.3) is 22.3 Å². The number of primary amides is 1. The molecule has 0 aliphatic carbocycles. The van der Waals surface area contributed by atoms with Gasteiger partial charge in [0.05, 0.1) is 23.1 Å². The number of nitrogens with two attached hydrogens (primary N) is 2. The number of carbonyl (C=O) groups excluding carboxylic acids is 1. The van der Waals surface area contributed by atoms with Gasteiger partial charge in [-0.3, -0.25) is 14.8 Å². The summed E-state index contributed by atoms with van der Waals surface area (Å²) in [5, 5.41) is 1.08. The summed E-state index contributed by atoms with van der Waals surface area (Å²) in [6.07, 6.45) is 6.33. The van der Waals surface area contributed by atoms with Crippen LogP contribution in [0.1, 0.15) is 16.8 Å². The lowest BCUT2D eigenvalue weighted by molar-refractivity contribution is 0.1000. The van der Waals surface area contributed by atoms with Crippen molar-refractivity contribution in [3.8, 4) is 11.4 Å². The lowest BCUT2D eigenvalue weighted by Gasteiger charge is -2.05. The second-order valence-electron chi connectivity index (χ2n) is 5.07. The molecule has 0 bridgehead atoms. The van der Waals surface area contributed by atoms with Crippen molar-refractivity contribution in [1.82, 2.24) is 14.5 Å². The maximum absolute atomic E-state index is 11.3. The van der Waals surface area contributed by atoms with E-state index in [2.05, 4.69) is 14.5 Å². The Kier molecular flexibility index (Phi) is 3.84. The Morgan fingerprint density at radius 2 is 2.00 bits per heavy atom. The number of fused-ring (bicyclic) bond motifs is 1. The van der Waals surface area contributed by atoms with Gasteiger partial charge in [0.15, 0.2) is 0 Å². The third kappa shape index (κ3) is 2.68. The molecule has 6 nitrogen and oxygen atoms in total. The summed E-state index contributed by atoms with van der Waals surface area (Å²) >= 11 is 0. The molecule has 3 heterocycles. The molecule has 0 aromatic carbocycles. The number of aryl methyl sites for hydroxylation is 1. The average Bonchev–Trinajstić information content (AvgIpc) is 2.95. The number of aromatic nitrogens is 3. The number of pyridine rings is 2. The number of amides is 1. The Bertz CT molecular complexity index is 824. The summed E-state index contributed by atoms with van der Waals surface area (Å²) in [5.74, 6) is -0.474. The van der Waals surface area contributed by atoms with Crippen molar-refractivity contribution in [1.29, 1.82) is 0 Å². The van der Waals surface area contributed by atoms with Crippen LogP contribution >= 0.6 is 0 Å². The van der Waals surface area contributed by atoms with Crippen molar-refractivity contribution in [2.45, 2.75) is 13.0 Å². The number of nitrogens with zero attached hydrogens (tertiary/aromatic N) is 3. The van der Waals surface area contributed by atoms with Crippen LogP contribution in [-0.4, -0.2) is 27.0 Å². The van der Waals surface area contributed by atoms with Crippen molar-refractivity contribution >= 4 is 16.8 Å². The molecule has 0 spiro atoms. The van der Waals surface area contributed by atoms with Gasteiger partial charge in [-0.15, -0.1) is 0 Å². The fraction of sp³-hybridized carbons (Fsp3) is 0.188. The van der Waals surface area contributed by atoms with Gasteiger partial charge in [-0.2, -0.15) is 0 Å². The fourth-order valence-electron chi connectivity index (χ4n) is 2.41. The lowest BCUT2D eigenvalue weighted by Crippen LogP contribution is -2.11. The van der Waals surface area contributed by atoms with Gasteiger partial charge in [-0.05, 0) is 37.2 Å².